The molecule has 1 aliphatic rings. The molecule has 0 saturated heterocycles. The molecule has 1 aromatic carbocycles. The highest BCUT2D eigenvalue weighted by Crippen LogP contribution is 2.39. The molecular weight excluding hydrogens is 258 g/mol. The summed E-state index contributed by atoms with van der Waals surface area (Å²) >= 11 is 3.44. The van der Waals surface area contributed by atoms with Crippen molar-refractivity contribution in [1.29, 1.82) is 0 Å². The van der Waals surface area contributed by atoms with Crippen molar-refractivity contribution in [3.63, 3.8) is 0 Å². The van der Waals surface area contributed by atoms with Crippen LogP contribution in [0, 0.1) is 0 Å². The third-order valence-electron chi connectivity index (χ3n) is 2.25. The first-order chi connectivity index (χ1) is 7.22. The lowest BCUT2D eigenvalue weighted by Crippen LogP contribution is -2.16. The van der Waals surface area contributed by atoms with Gasteiger partial charge in [0, 0.05) is 6.54 Å². The molecule has 0 bridgehead atoms. The van der Waals surface area contributed by atoms with Gasteiger partial charge in [0.05, 0.1) is 4.47 Å². The van der Waals surface area contributed by atoms with Crippen molar-refractivity contribution < 1.29 is 9.47 Å². The van der Waals surface area contributed by atoms with E-state index in [2.05, 4.69) is 22.5 Å². The predicted octanol–water partition coefficient (Wildman–Crippen LogP) is 2.19. The topological polar surface area (TPSA) is 44.5 Å². The Morgan fingerprint density at radius 1 is 1.40 bits per heavy atom. The van der Waals surface area contributed by atoms with E-state index in [1.165, 1.54) is 0 Å². The molecule has 0 aromatic heterocycles. The quantitative estimate of drug-likeness (QED) is 0.895. The first-order valence-electron chi connectivity index (χ1n) is 4.69. The molecule has 80 valence electrons. The molecule has 1 aliphatic heterocycles. The van der Waals surface area contributed by atoms with E-state index in [4.69, 9.17) is 15.2 Å². The zero-order valence-electron chi connectivity index (χ0n) is 8.25. The van der Waals surface area contributed by atoms with Gasteiger partial charge in [-0.25, -0.2) is 0 Å². The van der Waals surface area contributed by atoms with E-state index in [0.717, 1.165) is 27.1 Å². The second-order valence-electron chi connectivity index (χ2n) is 3.29. The number of ether oxygens (including phenoxy) is 2. The van der Waals surface area contributed by atoms with Gasteiger partial charge in [-0.3, -0.25) is 0 Å². The van der Waals surface area contributed by atoms with E-state index in [1.54, 1.807) is 0 Å². The number of hydrogen-bond acceptors (Lipinski definition) is 3. The molecule has 4 heteroatoms. The summed E-state index contributed by atoms with van der Waals surface area (Å²) in [4.78, 5) is 0. The number of nitrogens with two attached hydrogens (primary N) is 1. The number of hydrogen-bond donors (Lipinski definition) is 1. The van der Waals surface area contributed by atoms with Crippen molar-refractivity contribution >= 4 is 21.5 Å². The third kappa shape index (κ3) is 2.01. The fourth-order valence-corrected chi connectivity index (χ4v) is 1.99. The van der Waals surface area contributed by atoms with E-state index >= 15 is 0 Å². The normalized spacial score (nSPS) is 13.7. The third-order valence-corrected chi connectivity index (χ3v) is 2.84. The fraction of sp³-hybridized carbons (Fsp3) is 0.273. The zero-order valence-corrected chi connectivity index (χ0v) is 9.84. The van der Waals surface area contributed by atoms with Crippen molar-refractivity contribution in [2.24, 2.45) is 5.73 Å². The van der Waals surface area contributed by atoms with Crippen LogP contribution in [0.15, 0.2) is 23.2 Å². The molecule has 1 heterocycles. The van der Waals surface area contributed by atoms with Gasteiger partial charge in [-0.05, 0) is 39.2 Å². The highest BCUT2D eigenvalue weighted by Gasteiger charge is 2.16. The summed E-state index contributed by atoms with van der Waals surface area (Å²) in [6.07, 6.45) is 0. The van der Waals surface area contributed by atoms with Gasteiger partial charge in [-0.2, -0.15) is 0 Å². The van der Waals surface area contributed by atoms with Gasteiger partial charge in [-0.1, -0.05) is 6.58 Å². The monoisotopic (exact) mass is 269 g/mol. The minimum atomic E-state index is 0.437. The van der Waals surface area contributed by atoms with Crippen LogP contribution in [0.4, 0.5) is 0 Å². The lowest BCUT2D eigenvalue weighted by Gasteiger charge is -2.20. The van der Waals surface area contributed by atoms with Crippen molar-refractivity contribution in [1.82, 2.24) is 0 Å². The molecule has 1 aromatic rings. The summed E-state index contributed by atoms with van der Waals surface area (Å²) in [5.74, 6) is 1.51. The summed E-state index contributed by atoms with van der Waals surface area (Å²) in [7, 11) is 0. The summed E-state index contributed by atoms with van der Waals surface area (Å²) in [5, 5.41) is 0. The minimum absolute atomic E-state index is 0.437. The second-order valence-corrected chi connectivity index (χ2v) is 4.14. The SMILES string of the molecule is C=C(CN)c1cc(Br)c2c(c1)OCCO2. The van der Waals surface area contributed by atoms with Gasteiger partial charge in [0.2, 0.25) is 0 Å². The Morgan fingerprint density at radius 3 is 2.87 bits per heavy atom. The molecule has 2 rings (SSSR count). The molecule has 0 saturated carbocycles. The lowest BCUT2D eigenvalue weighted by molar-refractivity contribution is 0.170. The van der Waals surface area contributed by atoms with Gasteiger partial charge in [0.15, 0.2) is 11.5 Å². The van der Waals surface area contributed by atoms with E-state index < -0.39 is 0 Å². The molecule has 0 amide bonds. The Hall–Kier alpha value is -1.00. The van der Waals surface area contributed by atoms with Crippen LogP contribution in [-0.4, -0.2) is 19.8 Å². The molecule has 15 heavy (non-hydrogen) atoms. The summed E-state index contributed by atoms with van der Waals surface area (Å²) in [5.41, 5.74) is 7.41. The Morgan fingerprint density at radius 2 is 2.13 bits per heavy atom. The van der Waals surface area contributed by atoms with Crippen LogP contribution < -0.4 is 15.2 Å². The van der Waals surface area contributed by atoms with E-state index in [0.29, 0.717) is 19.8 Å². The molecule has 0 spiro atoms. The van der Waals surface area contributed by atoms with Crippen LogP contribution in [0.5, 0.6) is 11.5 Å². The van der Waals surface area contributed by atoms with Crippen molar-refractivity contribution in [3.05, 3.63) is 28.7 Å². The van der Waals surface area contributed by atoms with E-state index in [1.807, 2.05) is 12.1 Å². The number of fused-ring (bicyclic) bond motifs is 1. The first-order valence-corrected chi connectivity index (χ1v) is 5.49. The van der Waals surface area contributed by atoms with Crippen LogP contribution in [0.25, 0.3) is 5.57 Å². The van der Waals surface area contributed by atoms with Crippen LogP contribution in [0.2, 0.25) is 0 Å². The minimum Gasteiger partial charge on any atom is -0.486 e. The Kier molecular flexibility index (Phi) is 2.98. The van der Waals surface area contributed by atoms with Crippen LogP contribution >= 0.6 is 15.9 Å². The molecule has 0 radical (unpaired) electrons. The van der Waals surface area contributed by atoms with Gasteiger partial charge in [0.25, 0.3) is 0 Å². The Labute approximate surface area is 97.0 Å². The number of benzene rings is 1. The van der Waals surface area contributed by atoms with Gasteiger partial charge >= 0.3 is 0 Å². The predicted molar refractivity (Wildman–Crippen MR) is 63.2 cm³/mol. The average molecular weight is 270 g/mol. The summed E-state index contributed by atoms with van der Waals surface area (Å²) in [6, 6.07) is 3.86. The lowest BCUT2D eigenvalue weighted by atomic mass is 10.1. The molecule has 0 unspecified atom stereocenters. The van der Waals surface area contributed by atoms with Gasteiger partial charge < -0.3 is 15.2 Å². The van der Waals surface area contributed by atoms with Crippen LogP contribution in [-0.2, 0) is 0 Å². The van der Waals surface area contributed by atoms with E-state index in [-0.39, 0.29) is 0 Å². The number of rotatable bonds is 2. The molecular formula is C11H12BrNO2. The Balaban J connectivity index is 2.45. The maximum atomic E-state index is 5.54. The maximum absolute atomic E-state index is 5.54. The fourth-order valence-electron chi connectivity index (χ4n) is 1.43. The molecule has 0 aliphatic carbocycles. The molecule has 0 atom stereocenters. The van der Waals surface area contributed by atoms with Gasteiger partial charge in [0.1, 0.15) is 13.2 Å². The Bertz CT molecular complexity index is 404. The first kappa shape index (κ1) is 10.5. The average Bonchev–Trinajstić information content (AvgIpc) is 2.28. The van der Waals surface area contributed by atoms with Crippen LogP contribution in [0.3, 0.4) is 0 Å². The van der Waals surface area contributed by atoms with Crippen LogP contribution in [0.1, 0.15) is 5.56 Å². The second kappa shape index (κ2) is 4.24. The maximum Gasteiger partial charge on any atom is 0.175 e. The smallest absolute Gasteiger partial charge is 0.175 e. The van der Waals surface area contributed by atoms with Crippen molar-refractivity contribution in [2.75, 3.05) is 19.8 Å². The van der Waals surface area contributed by atoms with E-state index in [9.17, 15) is 0 Å². The molecule has 2 N–H and O–H groups in total. The molecule has 0 fully saturated rings. The van der Waals surface area contributed by atoms with Crippen molar-refractivity contribution in [3.8, 4) is 11.5 Å². The largest absolute Gasteiger partial charge is 0.486 e. The highest BCUT2D eigenvalue weighted by atomic mass is 79.9. The number of halogens is 1. The summed E-state index contributed by atoms with van der Waals surface area (Å²) in [6.45, 7) is 5.50. The zero-order chi connectivity index (χ0) is 10.8. The highest BCUT2D eigenvalue weighted by molar-refractivity contribution is 9.10. The van der Waals surface area contributed by atoms with Gasteiger partial charge in [-0.15, -0.1) is 0 Å². The van der Waals surface area contributed by atoms with Crippen molar-refractivity contribution in [2.45, 2.75) is 0 Å². The standard InChI is InChI=1S/C11H12BrNO2/c1-7(6-13)8-4-9(12)11-10(5-8)14-2-3-15-11/h4-5H,1-3,6,13H2. The molecule has 3 nitrogen and oxygen atoms in total. The summed E-state index contributed by atoms with van der Waals surface area (Å²) < 4.78 is 11.9.